The van der Waals surface area contributed by atoms with Gasteiger partial charge < -0.3 is 0 Å². The van der Waals surface area contributed by atoms with E-state index in [4.69, 9.17) is 0 Å². The number of rotatable bonds is 0. The molecule has 2 rings (SSSR count). The van der Waals surface area contributed by atoms with Crippen LogP contribution in [0.3, 0.4) is 0 Å². The number of aryl methyl sites for hydroxylation is 1. The zero-order valence-corrected chi connectivity index (χ0v) is 8.47. The van der Waals surface area contributed by atoms with Crippen molar-refractivity contribution in [2.75, 3.05) is 0 Å². The Bertz CT molecular complexity index is 470. The van der Waals surface area contributed by atoms with Crippen molar-refractivity contribution in [3.8, 4) is 0 Å². The van der Waals surface area contributed by atoms with Crippen LogP contribution in [-0.2, 0) is 0 Å². The summed E-state index contributed by atoms with van der Waals surface area (Å²) in [7, 11) is 0. The van der Waals surface area contributed by atoms with Gasteiger partial charge in [0.1, 0.15) is 10.1 Å². The molecule has 0 bridgehead atoms. The molecule has 1 heterocycles. The second kappa shape index (κ2) is 3.03. The highest BCUT2D eigenvalue weighted by molar-refractivity contribution is 9.10. The highest BCUT2D eigenvalue weighted by atomic mass is 79.9. The zero-order valence-electron chi connectivity index (χ0n) is 6.88. The van der Waals surface area contributed by atoms with Gasteiger partial charge >= 0.3 is 0 Å². The van der Waals surface area contributed by atoms with Crippen molar-refractivity contribution in [3.05, 3.63) is 34.3 Å². The van der Waals surface area contributed by atoms with Crippen molar-refractivity contribution >= 4 is 27.0 Å². The summed E-state index contributed by atoms with van der Waals surface area (Å²) in [5, 5.41) is 0. The minimum atomic E-state index is -0.342. The number of halogens is 2. The third-order valence-corrected chi connectivity index (χ3v) is 2.51. The molecule has 4 heteroatoms. The molecule has 0 saturated heterocycles. The summed E-state index contributed by atoms with van der Waals surface area (Å²) in [5.74, 6) is -0.342. The maximum absolute atomic E-state index is 13.2. The number of aromatic nitrogens is 2. The van der Waals surface area contributed by atoms with E-state index < -0.39 is 0 Å². The molecule has 0 aliphatic heterocycles. The standard InChI is InChI=1S/C9H6BrFN2/c1-5-9(10)13-8-6(11)3-2-4-7(8)12-5/h2-4H,1H3. The average molecular weight is 241 g/mol. The van der Waals surface area contributed by atoms with Crippen LogP contribution in [0.2, 0.25) is 0 Å². The van der Waals surface area contributed by atoms with Gasteiger partial charge in [0.05, 0.1) is 11.2 Å². The molecule has 0 atom stereocenters. The third-order valence-electron chi connectivity index (χ3n) is 1.76. The summed E-state index contributed by atoms with van der Waals surface area (Å²) in [6, 6.07) is 4.74. The van der Waals surface area contributed by atoms with Gasteiger partial charge in [-0.05, 0) is 35.0 Å². The van der Waals surface area contributed by atoms with Crippen LogP contribution in [0.5, 0.6) is 0 Å². The van der Waals surface area contributed by atoms with E-state index in [-0.39, 0.29) is 5.82 Å². The Kier molecular flexibility index (Phi) is 2.00. The maximum atomic E-state index is 13.2. The molecule has 2 nitrogen and oxygen atoms in total. The first-order chi connectivity index (χ1) is 6.18. The molecule has 1 aromatic carbocycles. The van der Waals surface area contributed by atoms with Gasteiger partial charge in [-0.2, -0.15) is 0 Å². The smallest absolute Gasteiger partial charge is 0.151 e. The molecule has 0 unspecified atom stereocenters. The highest BCUT2D eigenvalue weighted by Crippen LogP contribution is 2.18. The molecule has 0 saturated carbocycles. The molecular formula is C9H6BrFN2. The minimum absolute atomic E-state index is 0.306. The number of hydrogen-bond acceptors (Lipinski definition) is 2. The monoisotopic (exact) mass is 240 g/mol. The van der Waals surface area contributed by atoms with Gasteiger partial charge in [0.15, 0.2) is 5.82 Å². The first-order valence-electron chi connectivity index (χ1n) is 3.77. The molecule has 13 heavy (non-hydrogen) atoms. The Labute approximate surface area is 83.0 Å². The van der Waals surface area contributed by atoms with Crippen molar-refractivity contribution in [1.82, 2.24) is 9.97 Å². The van der Waals surface area contributed by atoms with E-state index in [2.05, 4.69) is 25.9 Å². The van der Waals surface area contributed by atoms with Gasteiger partial charge in [-0.15, -0.1) is 0 Å². The molecular weight excluding hydrogens is 235 g/mol. The Balaban J connectivity index is 2.89. The molecule has 0 fully saturated rings. The predicted octanol–water partition coefficient (Wildman–Crippen LogP) is 2.84. The van der Waals surface area contributed by atoms with Gasteiger partial charge in [-0.25, -0.2) is 14.4 Å². The average Bonchev–Trinajstić information content (AvgIpc) is 2.09. The SMILES string of the molecule is Cc1nc2cccc(F)c2nc1Br. The molecule has 0 N–H and O–H groups in total. The van der Waals surface area contributed by atoms with Crippen LogP contribution in [0.4, 0.5) is 4.39 Å². The molecule has 1 aromatic heterocycles. The maximum Gasteiger partial charge on any atom is 0.151 e. The first kappa shape index (κ1) is 8.56. The van der Waals surface area contributed by atoms with Crippen LogP contribution in [0.1, 0.15) is 5.69 Å². The Hall–Kier alpha value is -1.03. The largest absolute Gasteiger partial charge is 0.249 e. The predicted molar refractivity (Wildman–Crippen MR) is 51.9 cm³/mol. The van der Waals surface area contributed by atoms with Gasteiger partial charge in [-0.3, -0.25) is 0 Å². The Morgan fingerprint density at radius 3 is 2.85 bits per heavy atom. The molecule has 2 aromatic rings. The lowest BCUT2D eigenvalue weighted by atomic mass is 10.3. The fourth-order valence-electron chi connectivity index (χ4n) is 1.11. The van der Waals surface area contributed by atoms with Gasteiger partial charge in [0.25, 0.3) is 0 Å². The number of nitrogens with zero attached hydrogens (tertiary/aromatic N) is 2. The second-order valence-corrected chi connectivity index (χ2v) is 3.46. The summed E-state index contributed by atoms with van der Waals surface area (Å²) in [6.07, 6.45) is 0. The Morgan fingerprint density at radius 2 is 2.08 bits per heavy atom. The van der Waals surface area contributed by atoms with Crippen molar-refractivity contribution in [2.45, 2.75) is 6.92 Å². The van der Waals surface area contributed by atoms with Gasteiger partial charge in [0, 0.05) is 0 Å². The van der Waals surface area contributed by atoms with E-state index in [9.17, 15) is 4.39 Å². The van der Waals surface area contributed by atoms with E-state index in [0.717, 1.165) is 5.69 Å². The summed E-state index contributed by atoms with van der Waals surface area (Å²) < 4.78 is 13.8. The van der Waals surface area contributed by atoms with Crippen LogP contribution in [0.15, 0.2) is 22.8 Å². The number of fused-ring (bicyclic) bond motifs is 1. The van der Waals surface area contributed by atoms with E-state index in [1.54, 1.807) is 12.1 Å². The van der Waals surface area contributed by atoms with E-state index in [1.807, 2.05) is 6.92 Å². The molecule has 0 aliphatic carbocycles. The van der Waals surface area contributed by atoms with Crippen molar-refractivity contribution < 1.29 is 4.39 Å². The van der Waals surface area contributed by atoms with Crippen LogP contribution in [-0.4, -0.2) is 9.97 Å². The number of benzene rings is 1. The number of hydrogen-bond donors (Lipinski definition) is 0. The van der Waals surface area contributed by atoms with Crippen LogP contribution in [0, 0.1) is 12.7 Å². The summed E-state index contributed by atoms with van der Waals surface area (Å²) in [6.45, 7) is 1.82. The van der Waals surface area contributed by atoms with E-state index >= 15 is 0 Å². The van der Waals surface area contributed by atoms with E-state index in [0.29, 0.717) is 15.6 Å². The third kappa shape index (κ3) is 1.42. The van der Waals surface area contributed by atoms with Crippen LogP contribution >= 0.6 is 15.9 Å². The fraction of sp³-hybridized carbons (Fsp3) is 0.111. The summed E-state index contributed by atoms with van der Waals surface area (Å²) in [5.41, 5.74) is 1.65. The van der Waals surface area contributed by atoms with Crippen molar-refractivity contribution in [3.63, 3.8) is 0 Å². The van der Waals surface area contributed by atoms with Crippen molar-refractivity contribution in [2.24, 2.45) is 0 Å². The van der Waals surface area contributed by atoms with Gasteiger partial charge in [-0.1, -0.05) is 6.07 Å². The molecule has 0 aliphatic rings. The fourth-order valence-corrected chi connectivity index (χ4v) is 1.38. The van der Waals surface area contributed by atoms with Gasteiger partial charge in [0.2, 0.25) is 0 Å². The molecule has 0 amide bonds. The normalized spacial score (nSPS) is 10.7. The molecule has 0 radical (unpaired) electrons. The second-order valence-electron chi connectivity index (χ2n) is 2.71. The van der Waals surface area contributed by atoms with E-state index in [1.165, 1.54) is 6.07 Å². The van der Waals surface area contributed by atoms with Crippen LogP contribution < -0.4 is 0 Å². The Morgan fingerprint density at radius 1 is 1.31 bits per heavy atom. The lowest BCUT2D eigenvalue weighted by Crippen LogP contribution is -1.92. The van der Waals surface area contributed by atoms with Crippen molar-refractivity contribution in [1.29, 1.82) is 0 Å². The topological polar surface area (TPSA) is 25.8 Å². The summed E-state index contributed by atoms with van der Waals surface area (Å²) >= 11 is 3.21. The quantitative estimate of drug-likeness (QED) is 0.708. The zero-order chi connectivity index (χ0) is 9.42. The first-order valence-corrected chi connectivity index (χ1v) is 4.56. The lowest BCUT2D eigenvalue weighted by molar-refractivity contribution is 0.636. The van der Waals surface area contributed by atoms with Crippen LogP contribution in [0.25, 0.3) is 11.0 Å². The minimum Gasteiger partial charge on any atom is -0.249 e. The molecule has 0 spiro atoms. The molecule has 66 valence electrons. The lowest BCUT2D eigenvalue weighted by Gasteiger charge is -2.00. The highest BCUT2D eigenvalue weighted by Gasteiger charge is 2.05. The summed E-state index contributed by atoms with van der Waals surface area (Å²) in [4.78, 5) is 8.24. The number of para-hydroxylation sites is 1.